The van der Waals surface area contributed by atoms with Crippen molar-refractivity contribution in [3.63, 3.8) is 0 Å². The largest absolute Gasteiger partial charge is 0.322 e. The molecule has 6 heteroatoms. The molecule has 0 bridgehead atoms. The number of amides is 1. The second-order valence-electron chi connectivity index (χ2n) is 7.36. The van der Waals surface area contributed by atoms with Crippen molar-refractivity contribution in [2.45, 2.75) is 38.5 Å². The minimum Gasteiger partial charge on any atom is -0.322 e. The third-order valence-electron chi connectivity index (χ3n) is 5.09. The van der Waals surface area contributed by atoms with Crippen molar-refractivity contribution in [1.82, 2.24) is 4.31 Å². The van der Waals surface area contributed by atoms with Gasteiger partial charge in [0.05, 0.1) is 4.90 Å². The quantitative estimate of drug-likeness (QED) is 0.864. The minimum absolute atomic E-state index is 0.236. The van der Waals surface area contributed by atoms with E-state index >= 15 is 0 Å². The maximum Gasteiger partial charge on any atom is 0.255 e. The summed E-state index contributed by atoms with van der Waals surface area (Å²) < 4.78 is 27.2. The van der Waals surface area contributed by atoms with Gasteiger partial charge in [-0.15, -0.1) is 0 Å². The van der Waals surface area contributed by atoms with Gasteiger partial charge in [-0.25, -0.2) is 8.42 Å². The molecule has 2 aromatic rings. The monoisotopic (exact) mass is 386 g/mol. The minimum atomic E-state index is -3.51. The predicted octanol–water partition coefficient (Wildman–Crippen LogP) is 3.98. The number of carbonyl (C=O) groups excluding carboxylic acids is 1. The summed E-state index contributed by atoms with van der Waals surface area (Å²) in [5.74, 6) is 0.124. The molecule has 1 atom stereocenters. The number of hydrogen-bond acceptors (Lipinski definition) is 3. The van der Waals surface area contributed by atoms with E-state index in [1.165, 1.54) is 12.1 Å². The van der Waals surface area contributed by atoms with E-state index in [4.69, 9.17) is 0 Å². The summed E-state index contributed by atoms with van der Waals surface area (Å²) in [6.07, 6.45) is 1.94. The van der Waals surface area contributed by atoms with Crippen molar-refractivity contribution < 1.29 is 13.2 Å². The van der Waals surface area contributed by atoms with Gasteiger partial charge in [-0.2, -0.15) is 4.31 Å². The van der Waals surface area contributed by atoms with Gasteiger partial charge in [-0.1, -0.05) is 25.1 Å². The highest BCUT2D eigenvalue weighted by atomic mass is 32.2. The number of piperidine rings is 1. The number of hydrogen-bond donors (Lipinski definition) is 1. The SMILES string of the molecule is Cc1cccc(C)c1NC(=O)c1ccc(S(=O)(=O)N2CCCC(C)C2)cc1. The zero-order valence-corrected chi connectivity index (χ0v) is 16.8. The van der Waals surface area contributed by atoms with E-state index < -0.39 is 10.0 Å². The van der Waals surface area contributed by atoms with Gasteiger partial charge in [-0.05, 0) is 68.0 Å². The lowest BCUT2D eigenvalue weighted by molar-refractivity contribution is 0.102. The molecule has 2 aromatic carbocycles. The van der Waals surface area contributed by atoms with Crippen LogP contribution in [0.3, 0.4) is 0 Å². The highest BCUT2D eigenvalue weighted by molar-refractivity contribution is 7.89. The number of carbonyl (C=O) groups is 1. The normalized spacial score (nSPS) is 18.3. The Bertz CT molecular complexity index is 916. The van der Waals surface area contributed by atoms with Gasteiger partial charge < -0.3 is 5.32 Å². The highest BCUT2D eigenvalue weighted by Crippen LogP contribution is 2.24. The topological polar surface area (TPSA) is 66.5 Å². The molecule has 0 saturated carbocycles. The molecule has 144 valence electrons. The number of nitrogens with one attached hydrogen (secondary N) is 1. The Hall–Kier alpha value is -2.18. The van der Waals surface area contributed by atoms with E-state index in [1.54, 1.807) is 16.4 Å². The van der Waals surface area contributed by atoms with E-state index in [9.17, 15) is 13.2 Å². The average molecular weight is 387 g/mol. The van der Waals surface area contributed by atoms with Crippen LogP contribution in [0.15, 0.2) is 47.4 Å². The van der Waals surface area contributed by atoms with Crippen LogP contribution in [0, 0.1) is 19.8 Å². The number of anilines is 1. The van der Waals surface area contributed by atoms with E-state index in [2.05, 4.69) is 12.2 Å². The molecule has 1 heterocycles. The Morgan fingerprint density at radius 1 is 1.07 bits per heavy atom. The molecule has 1 aliphatic rings. The Morgan fingerprint density at radius 2 is 1.70 bits per heavy atom. The zero-order valence-electron chi connectivity index (χ0n) is 16.0. The van der Waals surface area contributed by atoms with E-state index in [0.29, 0.717) is 24.6 Å². The van der Waals surface area contributed by atoms with Crippen molar-refractivity contribution in [3.8, 4) is 0 Å². The fourth-order valence-corrected chi connectivity index (χ4v) is 5.09. The summed E-state index contributed by atoms with van der Waals surface area (Å²) in [5, 5.41) is 2.92. The van der Waals surface area contributed by atoms with Crippen molar-refractivity contribution in [2.75, 3.05) is 18.4 Å². The molecule has 1 fully saturated rings. The van der Waals surface area contributed by atoms with Crippen LogP contribution in [-0.2, 0) is 10.0 Å². The first-order chi connectivity index (χ1) is 12.8. The van der Waals surface area contributed by atoms with E-state index in [-0.39, 0.29) is 10.8 Å². The molecule has 0 radical (unpaired) electrons. The fourth-order valence-electron chi connectivity index (χ4n) is 3.49. The molecular formula is C21H26N2O3S. The van der Waals surface area contributed by atoms with Crippen LogP contribution in [0.5, 0.6) is 0 Å². The lowest BCUT2D eigenvalue weighted by Crippen LogP contribution is -2.39. The number of benzene rings is 2. The number of nitrogens with zero attached hydrogens (tertiary/aromatic N) is 1. The molecule has 1 saturated heterocycles. The van der Waals surface area contributed by atoms with Crippen LogP contribution < -0.4 is 5.32 Å². The first kappa shape index (κ1) is 19.6. The zero-order chi connectivity index (χ0) is 19.6. The summed E-state index contributed by atoms with van der Waals surface area (Å²) in [5.41, 5.74) is 3.20. The van der Waals surface area contributed by atoms with Crippen molar-refractivity contribution in [1.29, 1.82) is 0 Å². The Balaban J connectivity index is 1.77. The molecule has 0 spiro atoms. The molecule has 1 unspecified atom stereocenters. The maximum absolute atomic E-state index is 12.8. The Morgan fingerprint density at radius 3 is 2.30 bits per heavy atom. The summed E-state index contributed by atoms with van der Waals surface area (Å²) in [6.45, 7) is 7.07. The van der Waals surface area contributed by atoms with Crippen LogP contribution >= 0.6 is 0 Å². The second kappa shape index (κ2) is 7.82. The standard InChI is InChI=1S/C21H26N2O3S/c1-15-6-5-13-23(14-15)27(25,26)19-11-9-18(10-12-19)21(24)22-20-16(2)7-4-8-17(20)3/h4,7-12,15H,5-6,13-14H2,1-3H3,(H,22,24). The van der Waals surface area contributed by atoms with Gasteiger partial charge in [-0.3, -0.25) is 4.79 Å². The lowest BCUT2D eigenvalue weighted by Gasteiger charge is -2.30. The van der Waals surface area contributed by atoms with Gasteiger partial charge in [0.2, 0.25) is 10.0 Å². The molecule has 1 N–H and O–H groups in total. The molecule has 1 amide bonds. The van der Waals surface area contributed by atoms with Crippen molar-refractivity contribution >= 4 is 21.6 Å². The first-order valence-corrected chi connectivity index (χ1v) is 10.7. The third-order valence-corrected chi connectivity index (χ3v) is 6.97. The highest BCUT2D eigenvalue weighted by Gasteiger charge is 2.28. The molecular weight excluding hydrogens is 360 g/mol. The number of aryl methyl sites for hydroxylation is 2. The smallest absolute Gasteiger partial charge is 0.255 e. The van der Waals surface area contributed by atoms with Crippen LogP contribution in [-0.4, -0.2) is 31.7 Å². The number of para-hydroxylation sites is 1. The summed E-state index contributed by atoms with van der Waals surface area (Å²) in [4.78, 5) is 12.8. The van der Waals surface area contributed by atoms with Crippen LogP contribution in [0.2, 0.25) is 0 Å². The maximum atomic E-state index is 12.8. The number of sulfonamides is 1. The van der Waals surface area contributed by atoms with Gasteiger partial charge in [0.1, 0.15) is 0 Å². The molecule has 0 aromatic heterocycles. The second-order valence-corrected chi connectivity index (χ2v) is 9.29. The fraction of sp³-hybridized carbons (Fsp3) is 0.381. The van der Waals surface area contributed by atoms with Gasteiger partial charge in [0.15, 0.2) is 0 Å². The third kappa shape index (κ3) is 4.22. The van der Waals surface area contributed by atoms with Gasteiger partial charge in [0, 0.05) is 24.3 Å². The molecule has 0 aliphatic carbocycles. The van der Waals surface area contributed by atoms with Gasteiger partial charge >= 0.3 is 0 Å². The van der Waals surface area contributed by atoms with E-state index in [0.717, 1.165) is 29.7 Å². The predicted molar refractivity (Wildman–Crippen MR) is 107 cm³/mol. The molecule has 1 aliphatic heterocycles. The van der Waals surface area contributed by atoms with Crippen LogP contribution in [0.1, 0.15) is 41.3 Å². The summed E-state index contributed by atoms with van der Waals surface area (Å²) in [6, 6.07) is 12.0. The van der Waals surface area contributed by atoms with Crippen molar-refractivity contribution in [3.05, 3.63) is 59.2 Å². The Labute approximate surface area is 161 Å². The molecule has 27 heavy (non-hydrogen) atoms. The first-order valence-electron chi connectivity index (χ1n) is 9.27. The molecule has 5 nitrogen and oxygen atoms in total. The number of rotatable bonds is 4. The van der Waals surface area contributed by atoms with E-state index in [1.807, 2.05) is 32.0 Å². The molecule has 3 rings (SSSR count). The van der Waals surface area contributed by atoms with Crippen molar-refractivity contribution in [2.24, 2.45) is 5.92 Å². The van der Waals surface area contributed by atoms with Crippen LogP contribution in [0.25, 0.3) is 0 Å². The summed E-state index contributed by atoms with van der Waals surface area (Å²) >= 11 is 0. The van der Waals surface area contributed by atoms with Crippen LogP contribution in [0.4, 0.5) is 5.69 Å². The average Bonchev–Trinajstić information content (AvgIpc) is 2.65. The lowest BCUT2D eigenvalue weighted by atomic mass is 10.0. The summed E-state index contributed by atoms with van der Waals surface area (Å²) in [7, 11) is -3.51. The Kier molecular flexibility index (Phi) is 5.67. The van der Waals surface area contributed by atoms with Gasteiger partial charge in [0.25, 0.3) is 5.91 Å².